The van der Waals surface area contributed by atoms with E-state index in [1.807, 2.05) is 12.1 Å². The van der Waals surface area contributed by atoms with Crippen LogP contribution < -0.4 is 5.32 Å². The topological polar surface area (TPSA) is 51.2 Å². The fourth-order valence-corrected chi connectivity index (χ4v) is 1.82. The third kappa shape index (κ3) is 3.20. The summed E-state index contributed by atoms with van der Waals surface area (Å²) < 4.78 is 11.5. The van der Waals surface area contributed by atoms with E-state index >= 15 is 0 Å². The highest BCUT2D eigenvalue weighted by Crippen LogP contribution is 2.27. The monoisotopic (exact) mass is 298 g/mol. The third-order valence-electron chi connectivity index (χ3n) is 2.28. The van der Waals surface area contributed by atoms with E-state index in [-0.39, 0.29) is 0 Å². The van der Waals surface area contributed by atoms with Gasteiger partial charge in [0.25, 0.3) is 0 Å². The van der Waals surface area contributed by atoms with Gasteiger partial charge >= 0.3 is 0 Å². The van der Waals surface area contributed by atoms with Crippen molar-refractivity contribution in [2.45, 2.75) is 20.4 Å². The molecule has 0 unspecified atom stereocenters. The number of hydrogen-bond donors (Lipinski definition) is 1. The number of aromatic nitrogens is 1. The van der Waals surface area contributed by atoms with Gasteiger partial charge in [0.1, 0.15) is 5.69 Å². The Kier molecular flexibility index (Phi) is 4.02. The van der Waals surface area contributed by atoms with Gasteiger partial charge in [-0.15, -0.1) is 0 Å². The summed E-state index contributed by atoms with van der Waals surface area (Å²) >= 11 is 3.27. The predicted molar refractivity (Wildman–Crippen MR) is 68.4 cm³/mol. The van der Waals surface area contributed by atoms with Gasteiger partial charge in [-0.2, -0.15) is 0 Å². The van der Waals surface area contributed by atoms with Crippen LogP contribution in [0.5, 0.6) is 0 Å². The molecule has 0 aliphatic heterocycles. The second-order valence-electron chi connectivity index (χ2n) is 4.26. The molecule has 0 saturated carbocycles. The van der Waals surface area contributed by atoms with E-state index in [0.717, 1.165) is 12.2 Å². The van der Waals surface area contributed by atoms with E-state index in [9.17, 15) is 0 Å². The number of halogens is 1. The lowest BCUT2D eigenvalue weighted by molar-refractivity contribution is 0.504. The van der Waals surface area contributed by atoms with Crippen molar-refractivity contribution in [2.75, 3.05) is 6.54 Å². The van der Waals surface area contributed by atoms with Crippen LogP contribution in [0.25, 0.3) is 11.5 Å². The first-order valence-electron chi connectivity index (χ1n) is 5.55. The molecule has 0 radical (unpaired) electrons. The number of nitrogens with zero attached hydrogens (tertiary/aromatic N) is 1. The van der Waals surface area contributed by atoms with Crippen LogP contribution in [0, 0.1) is 5.92 Å². The van der Waals surface area contributed by atoms with Crippen molar-refractivity contribution in [1.29, 1.82) is 0 Å². The van der Waals surface area contributed by atoms with Crippen molar-refractivity contribution in [3.8, 4) is 11.5 Å². The van der Waals surface area contributed by atoms with E-state index in [0.29, 0.717) is 28.7 Å². The molecule has 2 aromatic rings. The van der Waals surface area contributed by atoms with Crippen molar-refractivity contribution < 1.29 is 8.83 Å². The lowest BCUT2D eigenvalue weighted by atomic mass is 10.2. The zero-order valence-electron chi connectivity index (χ0n) is 9.87. The molecule has 2 aromatic heterocycles. The van der Waals surface area contributed by atoms with Gasteiger partial charge in [0.15, 0.2) is 22.6 Å². The van der Waals surface area contributed by atoms with Crippen LogP contribution in [0.1, 0.15) is 19.5 Å². The quantitative estimate of drug-likeness (QED) is 0.919. The van der Waals surface area contributed by atoms with Crippen LogP contribution in [0.4, 0.5) is 0 Å². The normalized spacial score (nSPS) is 11.3. The van der Waals surface area contributed by atoms with Gasteiger partial charge in [0.05, 0.1) is 0 Å². The average Bonchev–Trinajstić information content (AvgIpc) is 2.86. The van der Waals surface area contributed by atoms with Gasteiger partial charge in [0.2, 0.25) is 0 Å². The van der Waals surface area contributed by atoms with Crippen LogP contribution in [-0.4, -0.2) is 11.5 Å². The van der Waals surface area contributed by atoms with Crippen LogP contribution in [0.2, 0.25) is 0 Å². The minimum atomic E-state index is 0.614. The molecule has 0 bridgehead atoms. The number of oxazole rings is 1. The smallest absolute Gasteiger partial charge is 0.194 e. The molecule has 92 valence electrons. The Bertz CT molecular complexity index is 476. The molecule has 0 amide bonds. The summed E-state index contributed by atoms with van der Waals surface area (Å²) in [5, 5.41) is 3.33. The molecular weight excluding hydrogens is 284 g/mol. The zero-order valence-corrected chi connectivity index (χ0v) is 11.5. The van der Waals surface area contributed by atoms with Crippen LogP contribution in [0.3, 0.4) is 0 Å². The highest BCUT2D eigenvalue weighted by molar-refractivity contribution is 9.10. The zero-order chi connectivity index (χ0) is 12.3. The highest BCUT2D eigenvalue weighted by atomic mass is 79.9. The van der Waals surface area contributed by atoms with Crippen molar-refractivity contribution in [3.05, 3.63) is 28.9 Å². The molecule has 0 aliphatic carbocycles. The maximum atomic E-state index is 5.45. The van der Waals surface area contributed by atoms with E-state index in [2.05, 4.69) is 40.1 Å². The molecule has 0 aromatic carbocycles. The minimum Gasteiger partial charge on any atom is -0.446 e. The maximum Gasteiger partial charge on any atom is 0.194 e. The van der Waals surface area contributed by atoms with Crippen molar-refractivity contribution in [3.63, 3.8) is 0 Å². The van der Waals surface area contributed by atoms with E-state index in [4.69, 9.17) is 8.83 Å². The summed E-state index contributed by atoms with van der Waals surface area (Å²) in [5.41, 5.74) is 0.868. The van der Waals surface area contributed by atoms with Gasteiger partial charge in [-0.1, -0.05) is 13.8 Å². The predicted octanol–water partition coefficient (Wildman–Crippen LogP) is 3.44. The molecule has 0 atom stereocenters. The molecule has 5 heteroatoms. The standard InChI is InChI=1S/C12H15BrN2O2/c1-8(2)5-14-6-9-12(16-7-15-9)10-3-4-11(13)17-10/h3-4,7-8,14H,5-6H2,1-2H3. The number of furan rings is 1. The van der Waals surface area contributed by atoms with Crippen molar-refractivity contribution in [1.82, 2.24) is 10.3 Å². The summed E-state index contributed by atoms with van der Waals surface area (Å²) in [4.78, 5) is 4.19. The van der Waals surface area contributed by atoms with Crippen LogP contribution in [0.15, 0.2) is 32.0 Å². The number of nitrogens with one attached hydrogen (secondary N) is 1. The Morgan fingerprint density at radius 1 is 1.41 bits per heavy atom. The van der Waals surface area contributed by atoms with Crippen LogP contribution >= 0.6 is 15.9 Å². The summed E-state index contributed by atoms with van der Waals surface area (Å²) in [6.45, 7) is 5.97. The molecular formula is C12H15BrN2O2. The Morgan fingerprint density at radius 2 is 2.24 bits per heavy atom. The molecule has 2 rings (SSSR count). The highest BCUT2D eigenvalue weighted by Gasteiger charge is 2.13. The lowest BCUT2D eigenvalue weighted by Crippen LogP contribution is -2.19. The summed E-state index contributed by atoms with van der Waals surface area (Å²) in [5.74, 6) is 1.99. The molecule has 0 fully saturated rings. The molecule has 4 nitrogen and oxygen atoms in total. The Hall–Kier alpha value is -1.07. The molecule has 17 heavy (non-hydrogen) atoms. The molecule has 2 heterocycles. The lowest BCUT2D eigenvalue weighted by Gasteiger charge is -2.05. The molecule has 0 saturated heterocycles. The van der Waals surface area contributed by atoms with Crippen molar-refractivity contribution in [2.24, 2.45) is 5.92 Å². The van der Waals surface area contributed by atoms with E-state index in [1.165, 1.54) is 6.39 Å². The first-order chi connectivity index (χ1) is 8.16. The summed E-state index contributed by atoms with van der Waals surface area (Å²) in [7, 11) is 0. The average molecular weight is 299 g/mol. The Labute approximate surface area is 109 Å². The SMILES string of the molecule is CC(C)CNCc1ncoc1-c1ccc(Br)o1. The van der Waals surface area contributed by atoms with Crippen molar-refractivity contribution >= 4 is 15.9 Å². The summed E-state index contributed by atoms with van der Waals surface area (Å²) in [6.07, 6.45) is 1.44. The second kappa shape index (κ2) is 5.51. The fourth-order valence-electron chi connectivity index (χ4n) is 1.51. The largest absolute Gasteiger partial charge is 0.446 e. The van der Waals surface area contributed by atoms with Gasteiger partial charge in [-0.05, 0) is 40.5 Å². The van der Waals surface area contributed by atoms with E-state index < -0.39 is 0 Å². The third-order valence-corrected chi connectivity index (χ3v) is 2.71. The fraction of sp³-hybridized carbons (Fsp3) is 0.417. The van der Waals surface area contributed by atoms with Gasteiger partial charge in [-0.25, -0.2) is 4.98 Å². The second-order valence-corrected chi connectivity index (χ2v) is 5.04. The first kappa shape index (κ1) is 12.4. The molecule has 0 aliphatic rings. The Balaban J connectivity index is 2.07. The van der Waals surface area contributed by atoms with Gasteiger partial charge in [0, 0.05) is 6.54 Å². The van der Waals surface area contributed by atoms with Gasteiger partial charge in [-0.3, -0.25) is 0 Å². The van der Waals surface area contributed by atoms with Crippen LogP contribution in [-0.2, 0) is 6.54 Å². The van der Waals surface area contributed by atoms with Gasteiger partial charge < -0.3 is 14.2 Å². The first-order valence-corrected chi connectivity index (χ1v) is 6.35. The molecule has 1 N–H and O–H groups in total. The number of hydrogen-bond acceptors (Lipinski definition) is 4. The van der Waals surface area contributed by atoms with E-state index in [1.54, 1.807) is 0 Å². The minimum absolute atomic E-state index is 0.614. The summed E-state index contributed by atoms with van der Waals surface area (Å²) in [6, 6.07) is 3.69. The maximum absolute atomic E-state index is 5.45. The Morgan fingerprint density at radius 3 is 2.88 bits per heavy atom. The number of rotatable bonds is 5. The molecule has 0 spiro atoms.